The van der Waals surface area contributed by atoms with Gasteiger partial charge < -0.3 is 9.84 Å². The molecule has 0 aromatic heterocycles. The van der Waals surface area contributed by atoms with E-state index in [2.05, 4.69) is 13.8 Å². The first-order valence-electron chi connectivity index (χ1n) is 6.89. The average Bonchev–Trinajstić information content (AvgIpc) is 2.72. The third kappa shape index (κ3) is 1.52. The van der Waals surface area contributed by atoms with Crippen molar-refractivity contribution in [3.63, 3.8) is 0 Å². The number of allylic oxidation sites excluding steroid dienone is 1. The second-order valence-corrected chi connectivity index (χ2v) is 7.10. The maximum Gasteiger partial charge on any atom is 0.331 e. The van der Waals surface area contributed by atoms with Crippen molar-refractivity contribution in [2.24, 2.45) is 28.6 Å². The zero-order valence-corrected chi connectivity index (χ0v) is 11.6. The zero-order valence-electron chi connectivity index (χ0n) is 11.6. The molecule has 1 heterocycles. The van der Waals surface area contributed by atoms with Crippen LogP contribution in [0.15, 0.2) is 11.6 Å². The predicted octanol–water partition coefficient (Wildman–Crippen LogP) is 2.24. The smallest absolute Gasteiger partial charge is 0.331 e. The Hall–Kier alpha value is -1.32. The van der Waals surface area contributed by atoms with Gasteiger partial charge in [0.2, 0.25) is 0 Å². The van der Waals surface area contributed by atoms with Crippen molar-refractivity contribution in [3.8, 4) is 0 Å². The minimum atomic E-state index is -0.860. The van der Waals surface area contributed by atoms with E-state index in [1.165, 1.54) is 0 Å². The number of carboxylic acid groups (broad SMARTS) is 1. The minimum absolute atomic E-state index is 0.135. The first-order chi connectivity index (χ1) is 8.78. The van der Waals surface area contributed by atoms with Crippen LogP contribution in [0.4, 0.5) is 0 Å². The molecule has 4 nitrogen and oxygen atoms in total. The summed E-state index contributed by atoms with van der Waals surface area (Å²) in [4.78, 5) is 23.4. The fourth-order valence-electron chi connectivity index (χ4n) is 4.79. The zero-order chi connectivity index (χ0) is 14.0. The third-order valence-electron chi connectivity index (χ3n) is 5.45. The summed E-state index contributed by atoms with van der Waals surface area (Å²) in [5.41, 5.74) is 0.391. The van der Waals surface area contributed by atoms with Gasteiger partial charge in [-0.05, 0) is 24.2 Å². The van der Waals surface area contributed by atoms with Crippen molar-refractivity contribution < 1.29 is 19.4 Å². The highest BCUT2D eigenvalue weighted by molar-refractivity contribution is 5.89. The molecule has 3 rings (SSSR count). The molecule has 0 aromatic carbocycles. The number of ether oxygens (including phenoxy) is 1. The van der Waals surface area contributed by atoms with Crippen molar-refractivity contribution in [3.05, 3.63) is 11.6 Å². The van der Waals surface area contributed by atoms with Gasteiger partial charge in [0.1, 0.15) is 0 Å². The summed E-state index contributed by atoms with van der Waals surface area (Å²) in [6, 6.07) is 0. The highest BCUT2D eigenvalue weighted by Gasteiger charge is 2.65. The van der Waals surface area contributed by atoms with E-state index in [-0.39, 0.29) is 41.2 Å². The Kier molecular flexibility index (Phi) is 2.42. The number of carboxylic acids is 1. The second-order valence-electron chi connectivity index (χ2n) is 7.10. The summed E-state index contributed by atoms with van der Waals surface area (Å²) in [5.74, 6) is -1.18. The van der Waals surface area contributed by atoms with Gasteiger partial charge in [0.25, 0.3) is 0 Å². The van der Waals surface area contributed by atoms with Crippen LogP contribution in [0, 0.1) is 28.6 Å². The number of hydrogen-bond donors (Lipinski definition) is 1. The topological polar surface area (TPSA) is 63.6 Å². The van der Waals surface area contributed by atoms with Gasteiger partial charge in [0.05, 0.1) is 12.5 Å². The second kappa shape index (κ2) is 3.62. The van der Waals surface area contributed by atoms with E-state index in [1.54, 1.807) is 0 Å². The molecule has 104 valence electrons. The van der Waals surface area contributed by atoms with Crippen molar-refractivity contribution in [2.45, 2.75) is 33.6 Å². The quantitative estimate of drug-likeness (QED) is 0.738. The predicted molar refractivity (Wildman–Crippen MR) is 68.3 cm³/mol. The van der Waals surface area contributed by atoms with E-state index in [0.29, 0.717) is 5.57 Å². The fourth-order valence-corrected chi connectivity index (χ4v) is 4.79. The van der Waals surface area contributed by atoms with E-state index in [1.807, 2.05) is 13.0 Å². The number of esters is 1. The maximum absolute atomic E-state index is 12.0. The van der Waals surface area contributed by atoms with Crippen LogP contribution < -0.4 is 0 Å². The lowest BCUT2D eigenvalue weighted by molar-refractivity contribution is -0.169. The van der Waals surface area contributed by atoms with Gasteiger partial charge in [-0.3, -0.25) is 4.79 Å². The lowest BCUT2D eigenvalue weighted by atomic mass is 9.61. The summed E-state index contributed by atoms with van der Waals surface area (Å²) in [5, 5.41) is 9.38. The molecule has 1 unspecified atom stereocenters. The van der Waals surface area contributed by atoms with Crippen LogP contribution in [-0.2, 0) is 14.3 Å². The maximum atomic E-state index is 12.0. The number of cyclic esters (lactones) is 1. The first-order valence-corrected chi connectivity index (χ1v) is 6.89. The Bertz CT molecular complexity index is 490. The van der Waals surface area contributed by atoms with Gasteiger partial charge in [0, 0.05) is 16.9 Å². The Morgan fingerprint density at radius 2 is 2.16 bits per heavy atom. The van der Waals surface area contributed by atoms with Gasteiger partial charge in [-0.1, -0.05) is 26.8 Å². The summed E-state index contributed by atoms with van der Waals surface area (Å²) >= 11 is 0. The van der Waals surface area contributed by atoms with Crippen LogP contribution in [0.5, 0.6) is 0 Å². The van der Waals surface area contributed by atoms with E-state index < -0.39 is 5.97 Å². The van der Waals surface area contributed by atoms with Gasteiger partial charge >= 0.3 is 11.9 Å². The number of hydrogen-bond acceptors (Lipinski definition) is 3. The molecule has 2 fully saturated rings. The highest BCUT2D eigenvalue weighted by Crippen LogP contribution is 2.66. The summed E-state index contributed by atoms with van der Waals surface area (Å²) in [7, 11) is 0. The molecule has 4 heteroatoms. The van der Waals surface area contributed by atoms with Crippen LogP contribution in [0.25, 0.3) is 0 Å². The molecule has 0 radical (unpaired) electrons. The van der Waals surface area contributed by atoms with Crippen LogP contribution in [-0.4, -0.2) is 23.7 Å². The molecule has 3 aliphatic rings. The van der Waals surface area contributed by atoms with Crippen LogP contribution in [0.2, 0.25) is 0 Å². The van der Waals surface area contributed by atoms with E-state index in [0.717, 1.165) is 12.8 Å². The molecule has 0 amide bonds. The summed E-state index contributed by atoms with van der Waals surface area (Å²) < 4.78 is 5.21. The summed E-state index contributed by atoms with van der Waals surface area (Å²) in [6.45, 7) is 6.55. The largest absolute Gasteiger partial charge is 0.478 e. The molecular weight excluding hydrogens is 244 g/mol. The lowest BCUT2D eigenvalue weighted by Gasteiger charge is -2.45. The highest BCUT2D eigenvalue weighted by atomic mass is 16.5. The van der Waals surface area contributed by atoms with Gasteiger partial charge in [0.15, 0.2) is 0 Å². The van der Waals surface area contributed by atoms with Crippen LogP contribution >= 0.6 is 0 Å². The van der Waals surface area contributed by atoms with Crippen molar-refractivity contribution in [1.29, 1.82) is 0 Å². The molecule has 1 saturated carbocycles. The molecule has 4 atom stereocenters. The Labute approximate surface area is 112 Å². The Balaban J connectivity index is 2.09. The van der Waals surface area contributed by atoms with E-state index >= 15 is 0 Å². The normalized spacial score (nSPS) is 43.2. The van der Waals surface area contributed by atoms with Crippen molar-refractivity contribution >= 4 is 11.9 Å². The Morgan fingerprint density at radius 3 is 2.79 bits per heavy atom. The molecule has 1 saturated heterocycles. The van der Waals surface area contributed by atoms with Crippen LogP contribution in [0.1, 0.15) is 33.6 Å². The molecular formula is C15H20O4. The molecule has 1 aliphatic heterocycles. The lowest BCUT2D eigenvalue weighted by Crippen LogP contribution is -2.48. The first kappa shape index (κ1) is 12.7. The van der Waals surface area contributed by atoms with Crippen molar-refractivity contribution in [1.82, 2.24) is 0 Å². The monoisotopic (exact) mass is 264 g/mol. The average molecular weight is 264 g/mol. The fraction of sp³-hybridized carbons (Fsp3) is 0.733. The van der Waals surface area contributed by atoms with E-state index in [4.69, 9.17) is 4.74 Å². The number of rotatable bonds is 1. The molecule has 1 N–H and O–H groups in total. The SMILES string of the molecule is CC1C(=O)OC[C@H]2C(C(=O)O)=C[C@@H]3CC(C)(C)C[C@@]132. The van der Waals surface area contributed by atoms with Gasteiger partial charge in [-0.2, -0.15) is 0 Å². The number of aliphatic carboxylic acids is 1. The standard InChI is InChI=1S/C15H20O4/c1-8-13(18)19-6-11-10(12(16)17)4-9-5-14(2,3)7-15(8,9)11/h4,8-9,11H,5-7H2,1-3H3,(H,16,17)/t8?,9-,11+,15-/m1/s1. The van der Waals surface area contributed by atoms with Gasteiger partial charge in [-0.25, -0.2) is 4.79 Å². The number of carbonyl (C=O) groups excluding carboxylic acids is 1. The molecule has 1 spiro atoms. The van der Waals surface area contributed by atoms with Crippen molar-refractivity contribution in [2.75, 3.05) is 6.61 Å². The molecule has 0 bridgehead atoms. The minimum Gasteiger partial charge on any atom is -0.478 e. The summed E-state index contributed by atoms with van der Waals surface area (Å²) in [6.07, 6.45) is 3.76. The number of carbonyl (C=O) groups is 2. The Morgan fingerprint density at radius 1 is 1.47 bits per heavy atom. The van der Waals surface area contributed by atoms with Crippen LogP contribution in [0.3, 0.4) is 0 Å². The van der Waals surface area contributed by atoms with E-state index in [9.17, 15) is 14.7 Å². The molecule has 0 aromatic rings. The van der Waals surface area contributed by atoms with Gasteiger partial charge in [-0.15, -0.1) is 0 Å². The molecule has 19 heavy (non-hydrogen) atoms. The molecule has 2 aliphatic carbocycles. The third-order valence-corrected chi connectivity index (χ3v) is 5.45.